The van der Waals surface area contributed by atoms with Crippen LogP contribution in [0.25, 0.3) is 17.1 Å². The molecule has 2 heterocycles. The molecule has 4 rings (SSSR count). The minimum absolute atomic E-state index is 0.0640. The monoisotopic (exact) mass is 421 g/mol. The Labute approximate surface area is 181 Å². The maximum atomic E-state index is 12.6. The van der Waals surface area contributed by atoms with E-state index in [4.69, 9.17) is 0 Å². The number of rotatable bonds is 6. The molecule has 1 aliphatic carbocycles. The Kier molecular flexibility index (Phi) is 6.79. The second-order valence-corrected chi connectivity index (χ2v) is 8.66. The van der Waals surface area contributed by atoms with Crippen molar-refractivity contribution in [2.45, 2.75) is 56.6 Å². The molecule has 1 fully saturated rings. The lowest BCUT2D eigenvalue weighted by molar-refractivity contribution is -0.119. The van der Waals surface area contributed by atoms with E-state index in [1.165, 1.54) is 37.4 Å². The van der Waals surface area contributed by atoms with Crippen molar-refractivity contribution in [2.24, 2.45) is 0 Å². The number of carbonyl (C=O) groups is 1. The lowest BCUT2D eigenvalue weighted by Crippen LogP contribution is -2.35. The van der Waals surface area contributed by atoms with E-state index in [1.807, 2.05) is 34.9 Å². The van der Waals surface area contributed by atoms with Crippen LogP contribution in [0.1, 0.15) is 44.1 Å². The van der Waals surface area contributed by atoms with Crippen molar-refractivity contribution in [3.8, 4) is 17.1 Å². The molecule has 1 aliphatic rings. The van der Waals surface area contributed by atoms with Crippen molar-refractivity contribution in [2.75, 3.05) is 5.75 Å². The summed E-state index contributed by atoms with van der Waals surface area (Å²) in [6.45, 7) is 2.07. The summed E-state index contributed by atoms with van der Waals surface area (Å²) in [7, 11) is 0. The topological polar surface area (TPSA) is 72.7 Å². The fraction of sp³-hybridized carbons (Fsp3) is 0.391. The van der Waals surface area contributed by atoms with Crippen LogP contribution in [-0.2, 0) is 4.79 Å². The normalized spacial score (nSPS) is 15.0. The summed E-state index contributed by atoms with van der Waals surface area (Å²) in [5.74, 6) is 1.12. The molecule has 156 valence electrons. The largest absolute Gasteiger partial charge is 0.353 e. The Balaban J connectivity index is 1.55. The maximum absolute atomic E-state index is 12.6. The number of amides is 1. The van der Waals surface area contributed by atoms with Crippen molar-refractivity contribution < 1.29 is 4.79 Å². The summed E-state index contributed by atoms with van der Waals surface area (Å²) in [6, 6.07) is 12.3. The number of hydrogen-bond donors (Lipinski definition) is 1. The van der Waals surface area contributed by atoms with Crippen LogP contribution >= 0.6 is 11.8 Å². The molecule has 0 saturated heterocycles. The third-order valence-electron chi connectivity index (χ3n) is 5.46. The van der Waals surface area contributed by atoms with Crippen molar-refractivity contribution >= 4 is 17.7 Å². The SMILES string of the molecule is Cc1ccccc1-n1c(SCC(=O)NC2CCCCCC2)nnc1-c1cccnc1. The number of hydrogen-bond acceptors (Lipinski definition) is 5. The standard InChI is InChI=1S/C23H27N5OS/c1-17-9-6-7-13-20(17)28-22(18-10-8-14-24-15-18)26-27-23(28)30-16-21(29)25-19-11-4-2-3-5-12-19/h6-10,13-15,19H,2-5,11-12,16H2,1H3,(H,25,29). The van der Waals surface area contributed by atoms with Gasteiger partial charge in [0.15, 0.2) is 11.0 Å². The van der Waals surface area contributed by atoms with Crippen LogP contribution in [0.3, 0.4) is 0 Å². The number of benzene rings is 1. The molecule has 1 amide bonds. The van der Waals surface area contributed by atoms with Crippen LogP contribution in [0.5, 0.6) is 0 Å². The molecule has 1 saturated carbocycles. The highest BCUT2D eigenvalue weighted by Crippen LogP contribution is 2.29. The summed E-state index contributed by atoms with van der Waals surface area (Å²) in [6.07, 6.45) is 10.7. The summed E-state index contributed by atoms with van der Waals surface area (Å²) in [5.41, 5.74) is 3.02. The predicted molar refractivity (Wildman–Crippen MR) is 120 cm³/mol. The zero-order valence-corrected chi connectivity index (χ0v) is 18.1. The van der Waals surface area contributed by atoms with Crippen molar-refractivity contribution in [1.82, 2.24) is 25.1 Å². The summed E-state index contributed by atoms with van der Waals surface area (Å²) < 4.78 is 2.02. The molecular formula is C23H27N5OS. The molecule has 1 N–H and O–H groups in total. The first kappa shape index (κ1) is 20.6. The molecule has 30 heavy (non-hydrogen) atoms. The van der Waals surface area contributed by atoms with E-state index in [0.29, 0.717) is 17.0 Å². The van der Waals surface area contributed by atoms with E-state index in [-0.39, 0.29) is 5.91 Å². The third-order valence-corrected chi connectivity index (χ3v) is 6.39. The molecule has 1 aromatic carbocycles. The van der Waals surface area contributed by atoms with Gasteiger partial charge in [0, 0.05) is 24.0 Å². The lowest BCUT2D eigenvalue weighted by atomic mass is 10.1. The van der Waals surface area contributed by atoms with Gasteiger partial charge >= 0.3 is 0 Å². The average Bonchev–Trinajstić information content (AvgIpc) is 3.02. The highest BCUT2D eigenvalue weighted by molar-refractivity contribution is 7.99. The highest BCUT2D eigenvalue weighted by Gasteiger charge is 2.20. The number of thioether (sulfide) groups is 1. The van der Waals surface area contributed by atoms with Crippen LogP contribution < -0.4 is 5.32 Å². The van der Waals surface area contributed by atoms with Gasteiger partial charge in [0.2, 0.25) is 5.91 Å². The van der Waals surface area contributed by atoms with Gasteiger partial charge in [-0.1, -0.05) is 55.6 Å². The zero-order valence-electron chi connectivity index (χ0n) is 17.3. The van der Waals surface area contributed by atoms with E-state index in [0.717, 1.165) is 35.5 Å². The van der Waals surface area contributed by atoms with Gasteiger partial charge in [-0.2, -0.15) is 0 Å². The van der Waals surface area contributed by atoms with Gasteiger partial charge in [0.1, 0.15) is 0 Å². The van der Waals surface area contributed by atoms with Crippen LogP contribution in [0, 0.1) is 6.92 Å². The van der Waals surface area contributed by atoms with E-state index in [9.17, 15) is 4.79 Å². The molecule has 0 radical (unpaired) electrons. The summed E-state index contributed by atoms with van der Waals surface area (Å²) in [4.78, 5) is 16.8. The number of nitrogens with zero attached hydrogens (tertiary/aromatic N) is 4. The molecule has 0 spiro atoms. The van der Waals surface area contributed by atoms with Gasteiger partial charge in [-0.15, -0.1) is 10.2 Å². The molecule has 0 aliphatic heterocycles. The molecule has 3 aromatic rings. The number of pyridine rings is 1. The predicted octanol–water partition coefficient (Wildman–Crippen LogP) is 4.57. The van der Waals surface area contributed by atoms with E-state index in [1.54, 1.807) is 12.4 Å². The second-order valence-electron chi connectivity index (χ2n) is 7.71. The van der Waals surface area contributed by atoms with E-state index < -0.39 is 0 Å². The molecule has 2 aromatic heterocycles. The first-order valence-electron chi connectivity index (χ1n) is 10.6. The number of carbonyl (C=O) groups excluding carboxylic acids is 1. The van der Waals surface area contributed by atoms with Gasteiger partial charge < -0.3 is 5.32 Å². The zero-order chi connectivity index (χ0) is 20.8. The van der Waals surface area contributed by atoms with Crippen LogP contribution in [0.2, 0.25) is 0 Å². The van der Waals surface area contributed by atoms with Crippen LogP contribution in [0.4, 0.5) is 0 Å². The van der Waals surface area contributed by atoms with Gasteiger partial charge in [0.05, 0.1) is 11.4 Å². The first-order chi connectivity index (χ1) is 14.7. The number of para-hydroxylation sites is 1. The highest BCUT2D eigenvalue weighted by atomic mass is 32.2. The molecular weight excluding hydrogens is 394 g/mol. The molecule has 0 bridgehead atoms. The van der Waals surface area contributed by atoms with Crippen molar-refractivity contribution in [1.29, 1.82) is 0 Å². The van der Waals surface area contributed by atoms with Crippen molar-refractivity contribution in [3.05, 3.63) is 54.4 Å². The molecule has 0 unspecified atom stereocenters. The van der Waals surface area contributed by atoms with Crippen molar-refractivity contribution in [3.63, 3.8) is 0 Å². The summed E-state index contributed by atoms with van der Waals surface area (Å²) in [5, 5.41) is 12.8. The average molecular weight is 422 g/mol. The first-order valence-corrected chi connectivity index (χ1v) is 11.5. The number of nitrogens with one attached hydrogen (secondary N) is 1. The van der Waals surface area contributed by atoms with Gasteiger partial charge in [-0.3, -0.25) is 14.3 Å². The molecule has 6 nitrogen and oxygen atoms in total. The Morgan fingerprint density at radius 3 is 2.63 bits per heavy atom. The minimum Gasteiger partial charge on any atom is -0.353 e. The fourth-order valence-electron chi connectivity index (χ4n) is 3.90. The second kappa shape index (κ2) is 9.89. The minimum atomic E-state index is 0.0640. The van der Waals surface area contributed by atoms with E-state index in [2.05, 4.69) is 33.5 Å². The molecule has 7 heteroatoms. The van der Waals surface area contributed by atoms with Gasteiger partial charge in [-0.05, 0) is 43.5 Å². The quantitative estimate of drug-likeness (QED) is 0.466. The Bertz CT molecular complexity index is 980. The lowest BCUT2D eigenvalue weighted by Gasteiger charge is -2.16. The maximum Gasteiger partial charge on any atom is 0.230 e. The third kappa shape index (κ3) is 4.90. The Morgan fingerprint density at radius 1 is 1.10 bits per heavy atom. The number of aryl methyl sites for hydroxylation is 1. The Hall–Kier alpha value is -2.67. The Morgan fingerprint density at radius 2 is 1.90 bits per heavy atom. The fourth-order valence-corrected chi connectivity index (χ4v) is 4.66. The van der Waals surface area contributed by atoms with E-state index >= 15 is 0 Å². The summed E-state index contributed by atoms with van der Waals surface area (Å²) >= 11 is 1.42. The van der Waals surface area contributed by atoms with Crippen LogP contribution in [0.15, 0.2) is 53.9 Å². The molecule has 0 atom stereocenters. The van der Waals surface area contributed by atoms with Gasteiger partial charge in [-0.25, -0.2) is 0 Å². The smallest absolute Gasteiger partial charge is 0.230 e. The number of aromatic nitrogens is 4. The van der Waals surface area contributed by atoms with Gasteiger partial charge in [0.25, 0.3) is 0 Å². The van der Waals surface area contributed by atoms with Crippen LogP contribution in [-0.4, -0.2) is 37.5 Å².